The summed E-state index contributed by atoms with van der Waals surface area (Å²) in [5.74, 6) is -1.06. The van der Waals surface area contributed by atoms with Gasteiger partial charge in [-0.25, -0.2) is 0 Å². The van der Waals surface area contributed by atoms with Crippen molar-refractivity contribution in [2.75, 3.05) is 6.61 Å². The number of aliphatic carboxylic acids is 1. The maximum atomic E-state index is 10.2. The summed E-state index contributed by atoms with van der Waals surface area (Å²) in [5, 5.41) is 25.9. The lowest BCUT2D eigenvalue weighted by atomic mass is 10.1. The Bertz CT molecular complexity index is 267. The summed E-state index contributed by atoms with van der Waals surface area (Å²) < 4.78 is 0. The topological polar surface area (TPSA) is 142 Å². The zero-order valence-electron chi connectivity index (χ0n) is 8.11. The van der Waals surface area contributed by atoms with Gasteiger partial charge in [0.1, 0.15) is 12.7 Å². The van der Waals surface area contributed by atoms with E-state index in [0.29, 0.717) is 0 Å². The Labute approximate surface area is 89.0 Å². The molecule has 0 amide bonds. The first-order valence-corrected chi connectivity index (χ1v) is 4.22. The van der Waals surface area contributed by atoms with Crippen LogP contribution in [0.5, 0.6) is 0 Å². The van der Waals surface area contributed by atoms with E-state index in [0.717, 1.165) is 0 Å². The molecule has 0 heterocycles. The standard InChI is InChI=1S/C6H10N2O8/c9-6(10)3-1-2-5(16-8(13)14)4-15-7(11)12/h5H,1-4H2,(H,9,10)/t5-/m0/s1. The minimum absolute atomic E-state index is 0.0128. The smallest absolute Gasteiger partial charge is 0.303 e. The monoisotopic (exact) mass is 238 g/mol. The van der Waals surface area contributed by atoms with Gasteiger partial charge in [-0.15, -0.1) is 20.2 Å². The molecule has 92 valence electrons. The average molecular weight is 238 g/mol. The van der Waals surface area contributed by atoms with E-state index in [9.17, 15) is 25.0 Å². The van der Waals surface area contributed by atoms with Gasteiger partial charge >= 0.3 is 5.97 Å². The van der Waals surface area contributed by atoms with Crippen molar-refractivity contribution in [2.24, 2.45) is 0 Å². The highest BCUT2D eigenvalue weighted by Gasteiger charge is 2.15. The van der Waals surface area contributed by atoms with E-state index >= 15 is 0 Å². The van der Waals surface area contributed by atoms with E-state index < -0.39 is 28.9 Å². The average Bonchev–Trinajstić information content (AvgIpc) is 2.12. The van der Waals surface area contributed by atoms with Gasteiger partial charge in [0.25, 0.3) is 10.2 Å². The highest BCUT2D eigenvalue weighted by Crippen LogP contribution is 2.06. The third-order valence-electron chi connectivity index (χ3n) is 1.52. The summed E-state index contributed by atoms with van der Waals surface area (Å²) in [4.78, 5) is 38.0. The molecule has 0 aliphatic carbocycles. The van der Waals surface area contributed by atoms with E-state index in [1.807, 2.05) is 0 Å². The fraction of sp³-hybridized carbons (Fsp3) is 0.833. The molecule has 10 heteroatoms. The molecule has 0 saturated carbocycles. The van der Waals surface area contributed by atoms with Crippen molar-refractivity contribution in [3.05, 3.63) is 20.2 Å². The minimum atomic E-state index is -1.14. The second-order valence-corrected chi connectivity index (χ2v) is 2.76. The van der Waals surface area contributed by atoms with Crippen LogP contribution in [0.3, 0.4) is 0 Å². The zero-order valence-corrected chi connectivity index (χ0v) is 8.11. The van der Waals surface area contributed by atoms with E-state index in [2.05, 4.69) is 9.68 Å². The normalized spacial score (nSPS) is 11.5. The number of nitrogens with zero attached hydrogens (tertiary/aromatic N) is 2. The molecule has 1 N–H and O–H groups in total. The summed E-state index contributed by atoms with van der Waals surface area (Å²) in [6.07, 6.45) is -1.24. The number of carbonyl (C=O) groups is 1. The molecule has 0 aliphatic rings. The van der Waals surface area contributed by atoms with Crippen LogP contribution in [0, 0.1) is 20.2 Å². The van der Waals surface area contributed by atoms with Gasteiger partial charge in [-0.05, 0) is 12.8 Å². The van der Waals surface area contributed by atoms with Crippen LogP contribution < -0.4 is 0 Å². The lowest BCUT2D eigenvalue weighted by Gasteiger charge is -2.12. The van der Waals surface area contributed by atoms with Crippen LogP contribution in [0.2, 0.25) is 0 Å². The highest BCUT2D eigenvalue weighted by molar-refractivity contribution is 5.66. The number of hydrogen-bond acceptors (Lipinski definition) is 7. The first-order valence-electron chi connectivity index (χ1n) is 4.22. The first kappa shape index (κ1) is 13.9. The van der Waals surface area contributed by atoms with Crippen molar-refractivity contribution in [3.63, 3.8) is 0 Å². The Hall–Kier alpha value is -2.13. The number of rotatable bonds is 9. The molecule has 0 aromatic carbocycles. The second-order valence-electron chi connectivity index (χ2n) is 2.76. The van der Waals surface area contributed by atoms with Gasteiger partial charge in [0.2, 0.25) is 0 Å². The SMILES string of the molecule is O=C(O)CCC[C@@H](CO[N+](=O)[O-])O[N+](=O)[O-]. The lowest BCUT2D eigenvalue weighted by Crippen LogP contribution is -2.24. The van der Waals surface area contributed by atoms with Crippen LogP contribution in [0.15, 0.2) is 0 Å². The largest absolute Gasteiger partial charge is 0.481 e. The summed E-state index contributed by atoms with van der Waals surface area (Å²) in [6, 6.07) is 0. The van der Waals surface area contributed by atoms with Gasteiger partial charge < -0.3 is 14.8 Å². The Morgan fingerprint density at radius 3 is 2.38 bits per heavy atom. The van der Waals surface area contributed by atoms with E-state index in [4.69, 9.17) is 5.11 Å². The molecule has 0 aromatic rings. The molecule has 0 aromatic heterocycles. The van der Waals surface area contributed by atoms with Gasteiger partial charge in [0.05, 0.1) is 0 Å². The van der Waals surface area contributed by atoms with Crippen LogP contribution in [0.25, 0.3) is 0 Å². The Balaban J connectivity index is 3.94. The summed E-state index contributed by atoms with van der Waals surface area (Å²) in [5.41, 5.74) is 0. The highest BCUT2D eigenvalue weighted by atomic mass is 17.0. The predicted octanol–water partition coefficient (Wildman–Crippen LogP) is 0.0265. The first-order chi connectivity index (χ1) is 7.41. The molecule has 10 nitrogen and oxygen atoms in total. The fourth-order valence-corrected chi connectivity index (χ4v) is 0.913. The third-order valence-corrected chi connectivity index (χ3v) is 1.52. The molecule has 1 atom stereocenters. The molecule has 0 aliphatic heterocycles. The van der Waals surface area contributed by atoms with Crippen molar-refractivity contribution in [1.29, 1.82) is 0 Å². The molecule has 0 radical (unpaired) electrons. The molecule has 0 fully saturated rings. The van der Waals surface area contributed by atoms with E-state index in [1.54, 1.807) is 0 Å². The number of carboxylic acid groups (broad SMARTS) is 1. The van der Waals surface area contributed by atoms with Crippen molar-refractivity contribution >= 4 is 5.97 Å². The van der Waals surface area contributed by atoms with Crippen molar-refractivity contribution < 1.29 is 29.7 Å². The van der Waals surface area contributed by atoms with Gasteiger partial charge in [0.15, 0.2) is 0 Å². The van der Waals surface area contributed by atoms with E-state index in [-0.39, 0.29) is 19.3 Å². The van der Waals surface area contributed by atoms with Crippen LogP contribution in [-0.2, 0) is 14.5 Å². The zero-order chi connectivity index (χ0) is 12.6. The molecular weight excluding hydrogens is 228 g/mol. The molecular formula is C6H10N2O8. The van der Waals surface area contributed by atoms with Crippen LogP contribution in [0.1, 0.15) is 19.3 Å². The van der Waals surface area contributed by atoms with Crippen molar-refractivity contribution in [3.8, 4) is 0 Å². The Kier molecular flexibility index (Phi) is 6.24. The minimum Gasteiger partial charge on any atom is -0.481 e. The predicted molar refractivity (Wildman–Crippen MR) is 46.3 cm³/mol. The van der Waals surface area contributed by atoms with Gasteiger partial charge in [0, 0.05) is 6.42 Å². The lowest BCUT2D eigenvalue weighted by molar-refractivity contribution is -0.790. The number of carboxylic acids is 1. The molecule has 0 unspecified atom stereocenters. The Morgan fingerprint density at radius 1 is 1.31 bits per heavy atom. The molecule has 16 heavy (non-hydrogen) atoms. The van der Waals surface area contributed by atoms with Gasteiger partial charge in [-0.3, -0.25) is 4.79 Å². The fourth-order valence-electron chi connectivity index (χ4n) is 0.913. The quantitative estimate of drug-likeness (QED) is 0.437. The molecule has 0 bridgehead atoms. The van der Waals surface area contributed by atoms with Crippen molar-refractivity contribution in [1.82, 2.24) is 0 Å². The van der Waals surface area contributed by atoms with Crippen LogP contribution in [0.4, 0.5) is 0 Å². The van der Waals surface area contributed by atoms with Gasteiger partial charge in [-0.1, -0.05) is 0 Å². The van der Waals surface area contributed by atoms with E-state index in [1.165, 1.54) is 0 Å². The van der Waals surface area contributed by atoms with Crippen LogP contribution >= 0.6 is 0 Å². The summed E-state index contributed by atoms with van der Waals surface area (Å²) in [7, 11) is 0. The second kappa shape index (κ2) is 7.20. The number of hydrogen-bond donors (Lipinski definition) is 1. The van der Waals surface area contributed by atoms with Crippen LogP contribution in [-0.4, -0.2) is 34.0 Å². The summed E-state index contributed by atoms with van der Waals surface area (Å²) >= 11 is 0. The molecule has 0 saturated heterocycles. The van der Waals surface area contributed by atoms with Crippen molar-refractivity contribution in [2.45, 2.75) is 25.4 Å². The molecule has 0 spiro atoms. The maximum absolute atomic E-state index is 10.2. The van der Waals surface area contributed by atoms with Gasteiger partial charge in [-0.2, -0.15) is 0 Å². The third kappa shape index (κ3) is 8.47. The molecule has 0 rings (SSSR count). The maximum Gasteiger partial charge on any atom is 0.303 e. The summed E-state index contributed by atoms with van der Waals surface area (Å²) in [6.45, 7) is -0.604. The Morgan fingerprint density at radius 2 is 1.94 bits per heavy atom.